The third-order valence-electron chi connectivity index (χ3n) is 12.9. The Morgan fingerprint density at radius 2 is 0.803 bits per heavy atom. The van der Waals surface area contributed by atoms with Gasteiger partial charge in [-0.2, -0.15) is 0 Å². The summed E-state index contributed by atoms with van der Waals surface area (Å²) < 4.78 is 5.93. The number of aliphatic hydroxyl groups excluding tert-OH is 2. The van der Waals surface area contributed by atoms with Crippen molar-refractivity contribution in [1.82, 2.24) is 5.32 Å². The quantitative estimate of drug-likeness (QED) is 0.0321. The highest BCUT2D eigenvalue weighted by atomic mass is 16.5. The van der Waals surface area contributed by atoms with Crippen LogP contribution >= 0.6 is 0 Å². The van der Waals surface area contributed by atoms with E-state index >= 15 is 0 Å². The van der Waals surface area contributed by atoms with Crippen molar-refractivity contribution in [3.8, 4) is 0 Å². The smallest absolute Gasteiger partial charge is 0.306 e. The summed E-state index contributed by atoms with van der Waals surface area (Å²) in [6.07, 6.45) is 67.2. The molecule has 1 amide bonds. The van der Waals surface area contributed by atoms with Crippen LogP contribution in [0.1, 0.15) is 284 Å². The number of aliphatic hydroxyl groups is 2. The van der Waals surface area contributed by atoms with Crippen LogP contribution in [0.5, 0.6) is 0 Å². The molecule has 0 aliphatic heterocycles. The molecule has 0 aliphatic rings. The zero-order valence-electron chi connectivity index (χ0n) is 43.8. The lowest BCUT2D eigenvalue weighted by Gasteiger charge is -2.24. The molecule has 3 N–H and O–H groups in total. The largest absolute Gasteiger partial charge is 0.462 e. The molecule has 0 bridgehead atoms. The summed E-state index contributed by atoms with van der Waals surface area (Å²) in [6, 6.07) is -0.713. The molecule has 0 aromatic heterocycles. The van der Waals surface area contributed by atoms with Crippen LogP contribution < -0.4 is 5.32 Å². The van der Waals surface area contributed by atoms with Gasteiger partial charge in [-0.25, -0.2) is 0 Å². The number of unbranched alkanes of at least 4 members (excludes halogenated alkanes) is 29. The second kappa shape index (κ2) is 53.5. The molecule has 0 fully saturated rings. The Labute approximate surface area is 409 Å². The molecule has 6 heteroatoms. The third-order valence-corrected chi connectivity index (χ3v) is 12.9. The van der Waals surface area contributed by atoms with Gasteiger partial charge in [-0.3, -0.25) is 9.59 Å². The predicted octanol–water partition coefficient (Wildman–Crippen LogP) is 17.6. The maximum atomic E-state index is 13.3. The number of esters is 1. The minimum absolute atomic E-state index is 0.0567. The van der Waals surface area contributed by atoms with E-state index in [-0.39, 0.29) is 24.9 Å². The van der Waals surface area contributed by atoms with E-state index in [0.29, 0.717) is 25.7 Å². The normalized spacial score (nSPS) is 13.6. The van der Waals surface area contributed by atoms with Gasteiger partial charge >= 0.3 is 5.97 Å². The third kappa shape index (κ3) is 48.0. The Hall–Kier alpha value is -2.44. The molecule has 0 aromatic rings. The minimum atomic E-state index is -0.798. The van der Waals surface area contributed by atoms with Crippen LogP contribution in [0, 0.1) is 0 Å². The van der Waals surface area contributed by atoms with Crippen LogP contribution in [-0.2, 0) is 14.3 Å². The number of ether oxygens (including phenoxy) is 1. The first-order chi connectivity index (χ1) is 32.5. The summed E-state index contributed by atoms with van der Waals surface area (Å²) in [4.78, 5) is 26.2. The average Bonchev–Trinajstić information content (AvgIpc) is 3.31. The summed E-state index contributed by atoms with van der Waals surface area (Å²) in [7, 11) is 0. The number of rotatable bonds is 51. The lowest BCUT2D eigenvalue weighted by atomic mass is 10.0. The predicted molar refractivity (Wildman–Crippen MR) is 287 cm³/mol. The van der Waals surface area contributed by atoms with Gasteiger partial charge in [0.05, 0.1) is 25.2 Å². The van der Waals surface area contributed by atoms with Crippen molar-refractivity contribution in [1.29, 1.82) is 0 Å². The second-order valence-electron chi connectivity index (χ2n) is 19.3. The van der Waals surface area contributed by atoms with E-state index in [1.165, 1.54) is 154 Å². The van der Waals surface area contributed by atoms with Gasteiger partial charge in [-0.05, 0) is 64.2 Å². The van der Waals surface area contributed by atoms with Gasteiger partial charge < -0.3 is 20.3 Å². The molecule has 0 spiro atoms. The topological polar surface area (TPSA) is 95.9 Å². The number of carbonyl (C=O) groups is 2. The van der Waals surface area contributed by atoms with Crippen molar-refractivity contribution in [3.05, 3.63) is 60.8 Å². The molecule has 3 atom stereocenters. The number of carbonyl (C=O) groups excluding carboxylic acids is 2. The lowest BCUT2D eigenvalue weighted by molar-refractivity contribution is -0.151. The van der Waals surface area contributed by atoms with Crippen molar-refractivity contribution in [2.45, 2.75) is 302 Å². The van der Waals surface area contributed by atoms with Crippen LogP contribution in [0.15, 0.2) is 60.8 Å². The van der Waals surface area contributed by atoms with E-state index in [1.807, 2.05) is 0 Å². The van der Waals surface area contributed by atoms with Crippen molar-refractivity contribution in [2.24, 2.45) is 0 Å². The molecule has 0 saturated heterocycles. The Bertz CT molecular complexity index is 1170. The Morgan fingerprint density at radius 1 is 0.455 bits per heavy atom. The molecular weight excluding hydrogens is 815 g/mol. The highest BCUT2D eigenvalue weighted by molar-refractivity contribution is 5.77. The first-order valence-electron chi connectivity index (χ1n) is 28.5. The number of amides is 1. The lowest BCUT2D eigenvalue weighted by Crippen LogP contribution is -2.46. The Morgan fingerprint density at radius 3 is 1.18 bits per heavy atom. The minimum Gasteiger partial charge on any atom is -0.462 e. The van der Waals surface area contributed by atoms with Crippen LogP contribution in [-0.4, -0.2) is 46.9 Å². The maximum Gasteiger partial charge on any atom is 0.306 e. The molecule has 6 nitrogen and oxygen atoms in total. The molecule has 384 valence electrons. The fraction of sp³-hybridized carbons (Fsp3) is 0.800. The van der Waals surface area contributed by atoms with Gasteiger partial charge in [0.15, 0.2) is 0 Å². The molecule has 0 saturated carbocycles. The molecule has 0 radical (unpaired) electrons. The zero-order valence-corrected chi connectivity index (χ0v) is 43.8. The molecule has 0 aliphatic carbocycles. The maximum absolute atomic E-state index is 13.3. The van der Waals surface area contributed by atoms with Crippen molar-refractivity contribution >= 4 is 11.9 Å². The van der Waals surface area contributed by atoms with Crippen LogP contribution in [0.25, 0.3) is 0 Å². The molecule has 0 heterocycles. The van der Waals surface area contributed by atoms with Crippen LogP contribution in [0.3, 0.4) is 0 Å². The standard InChI is InChI=1S/C60H109NO5/c1-4-7-10-13-16-19-22-25-27-29-31-34-37-40-43-46-49-52-58(63)57(55-62)61-59(64)54-56(51-48-45-42-39-36-33-24-21-18-15-12-9-6-3)66-60(65)53-50-47-44-41-38-35-32-30-28-26-23-20-17-14-11-8-5-2/h8,11,17,20,26,28,32,35,41,44,56-58,62-63H,4-7,9-10,12-16,18-19,21-25,27,29-31,33-34,36-40,42-43,45-55H2,1-3H3,(H,61,64)/b11-8-,20-17-,28-26-,35-32-,44-41-. The molecular formula is C60H109NO5. The average molecular weight is 925 g/mol. The summed E-state index contributed by atoms with van der Waals surface area (Å²) in [5.74, 6) is -0.533. The first kappa shape index (κ1) is 63.6. The SMILES string of the molecule is CC/C=C\C/C=C\C/C=C\C/C=C\C/C=C\CCCC(=O)OC(CCCCCCCCCCCCCCC)CC(=O)NC(CO)C(O)CCCCCCCCCCCCCCCCCCC. The van der Waals surface area contributed by atoms with Gasteiger partial charge in [0, 0.05) is 6.42 Å². The van der Waals surface area contributed by atoms with Gasteiger partial charge in [0.2, 0.25) is 5.91 Å². The number of hydrogen-bond acceptors (Lipinski definition) is 5. The van der Waals surface area contributed by atoms with Gasteiger partial charge in [-0.15, -0.1) is 0 Å². The number of allylic oxidation sites excluding steroid dienone is 10. The Kier molecular flexibility index (Phi) is 51.5. The van der Waals surface area contributed by atoms with E-state index in [1.54, 1.807) is 0 Å². The fourth-order valence-electron chi connectivity index (χ4n) is 8.59. The van der Waals surface area contributed by atoms with Crippen molar-refractivity contribution in [3.63, 3.8) is 0 Å². The monoisotopic (exact) mass is 924 g/mol. The summed E-state index contributed by atoms with van der Waals surface area (Å²) in [5.41, 5.74) is 0. The fourth-order valence-corrected chi connectivity index (χ4v) is 8.59. The van der Waals surface area contributed by atoms with E-state index in [9.17, 15) is 19.8 Å². The Balaban J connectivity index is 4.58. The highest BCUT2D eigenvalue weighted by Gasteiger charge is 2.24. The molecule has 0 rings (SSSR count). The van der Waals surface area contributed by atoms with E-state index in [4.69, 9.17) is 4.74 Å². The zero-order chi connectivity index (χ0) is 48.1. The van der Waals surface area contributed by atoms with E-state index in [2.05, 4.69) is 86.8 Å². The molecule has 0 aromatic carbocycles. The van der Waals surface area contributed by atoms with Gasteiger partial charge in [-0.1, -0.05) is 268 Å². The molecule has 66 heavy (non-hydrogen) atoms. The summed E-state index contributed by atoms with van der Waals surface area (Å²) in [5, 5.41) is 23.9. The van der Waals surface area contributed by atoms with Crippen molar-refractivity contribution < 1.29 is 24.5 Å². The number of hydrogen-bond donors (Lipinski definition) is 3. The summed E-state index contributed by atoms with van der Waals surface area (Å²) in [6.45, 7) is 6.38. The van der Waals surface area contributed by atoms with E-state index in [0.717, 1.165) is 77.0 Å². The van der Waals surface area contributed by atoms with Crippen LogP contribution in [0.4, 0.5) is 0 Å². The van der Waals surface area contributed by atoms with Crippen molar-refractivity contribution in [2.75, 3.05) is 6.61 Å². The molecule has 3 unspecified atom stereocenters. The van der Waals surface area contributed by atoms with Crippen LogP contribution in [0.2, 0.25) is 0 Å². The second-order valence-corrected chi connectivity index (χ2v) is 19.3. The van der Waals surface area contributed by atoms with Gasteiger partial charge in [0.1, 0.15) is 6.10 Å². The first-order valence-corrected chi connectivity index (χ1v) is 28.5. The summed E-state index contributed by atoms with van der Waals surface area (Å²) >= 11 is 0. The van der Waals surface area contributed by atoms with Gasteiger partial charge in [0.25, 0.3) is 0 Å². The highest BCUT2D eigenvalue weighted by Crippen LogP contribution is 2.18. The number of nitrogens with one attached hydrogen (secondary N) is 1. The van der Waals surface area contributed by atoms with E-state index < -0.39 is 18.2 Å².